The zero-order valence-electron chi connectivity index (χ0n) is 20.0. The average molecular weight is 466 g/mol. The number of fused-ring (bicyclic) bond motifs is 2. The van der Waals surface area contributed by atoms with Crippen LogP contribution in [0.2, 0.25) is 0 Å². The number of benzene rings is 3. The van der Waals surface area contributed by atoms with E-state index in [0.717, 1.165) is 37.9 Å². The summed E-state index contributed by atoms with van der Waals surface area (Å²) >= 11 is 0. The molecule has 0 radical (unpaired) electrons. The summed E-state index contributed by atoms with van der Waals surface area (Å²) in [6.45, 7) is 4.03. The van der Waals surface area contributed by atoms with Gasteiger partial charge in [0.25, 0.3) is 5.91 Å². The third-order valence-electron chi connectivity index (χ3n) is 7.00. The van der Waals surface area contributed by atoms with E-state index < -0.39 is 5.91 Å². The van der Waals surface area contributed by atoms with Gasteiger partial charge >= 0.3 is 0 Å². The van der Waals surface area contributed by atoms with Gasteiger partial charge in [-0.2, -0.15) is 0 Å². The van der Waals surface area contributed by atoms with Crippen molar-refractivity contribution in [3.8, 4) is 0 Å². The molecule has 1 atom stereocenters. The topological polar surface area (TPSA) is 68.4 Å². The van der Waals surface area contributed by atoms with Crippen LogP contribution in [0, 0.1) is 6.92 Å². The first kappa shape index (κ1) is 23.1. The predicted octanol–water partition coefficient (Wildman–Crippen LogP) is 5.73. The third-order valence-corrected chi connectivity index (χ3v) is 7.00. The SMILES string of the molecule is Cc1cccc(CN(CCc2c[nH]c3ccccc23)C2CCc3cc(C=CC(=O)NO)ccc32)c1. The fraction of sp³-hybridized carbons (Fsp3) is 0.233. The van der Waals surface area contributed by atoms with Crippen LogP contribution < -0.4 is 5.48 Å². The Morgan fingerprint density at radius 1 is 1.14 bits per heavy atom. The fourth-order valence-corrected chi connectivity index (χ4v) is 5.30. The standard InChI is InChI=1S/C30H31N3O2/c1-21-5-4-6-23(17-21)20-33(16-15-25-19-31-28-8-3-2-7-26(25)28)29-13-11-24-18-22(9-12-27(24)29)10-14-30(34)32-35/h2-10,12,14,17-19,29,31,35H,11,13,15-16,20H2,1H3,(H,32,34). The molecule has 178 valence electrons. The summed E-state index contributed by atoms with van der Waals surface area (Å²) in [6, 6.07) is 24.1. The Balaban J connectivity index is 1.40. The molecule has 1 aliphatic carbocycles. The van der Waals surface area contributed by atoms with E-state index in [9.17, 15) is 4.79 Å². The number of amides is 1. The molecule has 1 aromatic heterocycles. The molecule has 1 aliphatic rings. The highest BCUT2D eigenvalue weighted by molar-refractivity contribution is 5.90. The summed E-state index contributed by atoms with van der Waals surface area (Å²) in [5, 5.41) is 10.0. The molecule has 3 N–H and O–H groups in total. The molecule has 0 saturated heterocycles. The van der Waals surface area contributed by atoms with E-state index in [1.807, 2.05) is 0 Å². The van der Waals surface area contributed by atoms with E-state index in [1.165, 1.54) is 44.8 Å². The highest BCUT2D eigenvalue weighted by Crippen LogP contribution is 2.37. The average Bonchev–Trinajstić information content (AvgIpc) is 3.49. The molecule has 5 heteroatoms. The first-order valence-electron chi connectivity index (χ1n) is 12.2. The molecule has 0 bridgehead atoms. The largest absolute Gasteiger partial charge is 0.361 e. The van der Waals surface area contributed by atoms with Crippen LogP contribution in [-0.4, -0.2) is 27.5 Å². The molecule has 1 heterocycles. The normalized spacial score (nSPS) is 15.2. The van der Waals surface area contributed by atoms with Crippen molar-refractivity contribution in [1.82, 2.24) is 15.4 Å². The molecule has 4 aromatic rings. The summed E-state index contributed by atoms with van der Waals surface area (Å²) in [4.78, 5) is 17.4. The molecule has 1 unspecified atom stereocenters. The van der Waals surface area contributed by atoms with Crippen molar-refractivity contribution in [2.75, 3.05) is 6.54 Å². The van der Waals surface area contributed by atoms with Gasteiger partial charge in [-0.05, 0) is 66.1 Å². The van der Waals surface area contributed by atoms with Crippen molar-refractivity contribution in [3.63, 3.8) is 0 Å². The number of carbonyl (C=O) groups is 1. The van der Waals surface area contributed by atoms with Crippen LogP contribution in [0.1, 0.15) is 45.8 Å². The van der Waals surface area contributed by atoms with Crippen LogP contribution in [0.15, 0.2) is 79.0 Å². The number of H-pyrrole nitrogens is 1. The number of hydroxylamine groups is 1. The number of nitrogens with one attached hydrogen (secondary N) is 2. The Kier molecular flexibility index (Phi) is 6.80. The minimum atomic E-state index is -0.523. The number of rotatable bonds is 8. The molecule has 3 aromatic carbocycles. The molecule has 0 aliphatic heterocycles. The number of aryl methyl sites for hydroxylation is 2. The molecule has 1 amide bonds. The summed E-state index contributed by atoms with van der Waals surface area (Å²) in [7, 11) is 0. The van der Waals surface area contributed by atoms with E-state index in [-0.39, 0.29) is 0 Å². The quantitative estimate of drug-likeness (QED) is 0.177. The minimum Gasteiger partial charge on any atom is -0.361 e. The van der Waals surface area contributed by atoms with E-state index >= 15 is 0 Å². The van der Waals surface area contributed by atoms with E-state index in [0.29, 0.717) is 6.04 Å². The molecule has 5 rings (SSSR count). The second kappa shape index (κ2) is 10.3. The predicted molar refractivity (Wildman–Crippen MR) is 140 cm³/mol. The summed E-state index contributed by atoms with van der Waals surface area (Å²) < 4.78 is 0. The van der Waals surface area contributed by atoms with Gasteiger partial charge in [0, 0.05) is 42.3 Å². The van der Waals surface area contributed by atoms with Gasteiger partial charge in [-0.1, -0.05) is 66.2 Å². The van der Waals surface area contributed by atoms with Gasteiger partial charge in [-0.15, -0.1) is 0 Å². The summed E-state index contributed by atoms with van der Waals surface area (Å²) in [5.41, 5.74) is 10.5. The van der Waals surface area contributed by atoms with Crippen molar-refractivity contribution in [3.05, 3.63) is 112 Å². The zero-order valence-corrected chi connectivity index (χ0v) is 20.0. The van der Waals surface area contributed by atoms with Crippen molar-refractivity contribution < 1.29 is 10.0 Å². The van der Waals surface area contributed by atoms with E-state index in [4.69, 9.17) is 5.21 Å². The van der Waals surface area contributed by atoms with E-state index in [1.54, 1.807) is 11.6 Å². The van der Waals surface area contributed by atoms with Crippen LogP contribution in [-0.2, 0) is 24.2 Å². The van der Waals surface area contributed by atoms with Crippen LogP contribution in [0.3, 0.4) is 0 Å². The van der Waals surface area contributed by atoms with Gasteiger partial charge in [-0.25, -0.2) is 5.48 Å². The van der Waals surface area contributed by atoms with Crippen molar-refractivity contribution in [2.45, 2.75) is 38.8 Å². The van der Waals surface area contributed by atoms with Gasteiger partial charge < -0.3 is 4.98 Å². The lowest BCUT2D eigenvalue weighted by molar-refractivity contribution is -0.124. The Morgan fingerprint density at radius 2 is 2.03 bits per heavy atom. The maximum atomic E-state index is 11.4. The van der Waals surface area contributed by atoms with Crippen molar-refractivity contribution in [1.29, 1.82) is 0 Å². The summed E-state index contributed by atoms with van der Waals surface area (Å²) in [6.07, 6.45) is 8.32. The minimum absolute atomic E-state index is 0.356. The maximum Gasteiger partial charge on any atom is 0.267 e. The Morgan fingerprint density at radius 3 is 2.89 bits per heavy atom. The highest BCUT2D eigenvalue weighted by Gasteiger charge is 2.28. The number of carbonyl (C=O) groups excluding carboxylic acids is 1. The monoisotopic (exact) mass is 465 g/mol. The number of hydrogen-bond acceptors (Lipinski definition) is 3. The van der Waals surface area contributed by atoms with Crippen LogP contribution >= 0.6 is 0 Å². The molecule has 0 saturated carbocycles. The number of nitrogens with zero attached hydrogens (tertiary/aromatic N) is 1. The third kappa shape index (κ3) is 5.21. The van der Waals surface area contributed by atoms with Gasteiger partial charge in [0.05, 0.1) is 0 Å². The number of aromatic nitrogens is 1. The van der Waals surface area contributed by atoms with Gasteiger partial charge in [-0.3, -0.25) is 14.9 Å². The van der Waals surface area contributed by atoms with Crippen molar-refractivity contribution >= 4 is 22.9 Å². The maximum absolute atomic E-state index is 11.4. The molecule has 0 fully saturated rings. The van der Waals surface area contributed by atoms with Gasteiger partial charge in [0.15, 0.2) is 0 Å². The number of hydrogen-bond donors (Lipinski definition) is 3. The molecular formula is C30H31N3O2. The zero-order chi connectivity index (χ0) is 24.2. The van der Waals surface area contributed by atoms with Crippen LogP contribution in [0.25, 0.3) is 17.0 Å². The molecule has 35 heavy (non-hydrogen) atoms. The lowest BCUT2D eigenvalue weighted by Gasteiger charge is -2.30. The fourth-order valence-electron chi connectivity index (χ4n) is 5.30. The Hall–Kier alpha value is -3.67. The first-order valence-corrected chi connectivity index (χ1v) is 12.2. The van der Waals surface area contributed by atoms with Gasteiger partial charge in [0.2, 0.25) is 0 Å². The lowest BCUT2D eigenvalue weighted by atomic mass is 10.0. The Bertz CT molecular complexity index is 1370. The second-order valence-electron chi connectivity index (χ2n) is 9.39. The van der Waals surface area contributed by atoms with Crippen LogP contribution in [0.4, 0.5) is 0 Å². The number of aromatic amines is 1. The van der Waals surface area contributed by atoms with Crippen molar-refractivity contribution in [2.24, 2.45) is 0 Å². The Labute approximate surface area is 206 Å². The van der Waals surface area contributed by atoms with E-state index in [2.05, 4.69) is 89.7 Å². The molecule has 0 spiro atoms. The summed E-state index contributed by atoms with van der Waals surface area (Å²) in [5.74, 6) is -0.523. The highest BCUT2D eigenvalue weighted by atomic mass is 16.5. The second-order valence-corrected chi connectivity index (χ2v) is 9.39. The first-order chi connectivity index (χ1) is 17.1. The molecular weight excluding hydrogens is 434 g/mol. The lowest BCUT2D eigenvalue weighted by Crippen LogP contribution is -2.29. The van der Waals surface area contributed by atoms with Gasteiger partial charge in [0.1, 0.15) is 0 Å². The smallest absolute Gasteiger partial charge is 0.267 e. The molecule has 5 nitrogen and oxygen atoms in total. The number of para-hydroxylation sites is 1. The van der Waals surface area contributed by atoms with Crippen LogP contribution in [0.5, 0.6) is 0 Å².